The van der Waals surface area contributed by atoms with Crippen LogP contribution in [0.4, 0.5) is 0 Å². The summed E-state index contributed by atoms with van der Waals surface area (Å²) < 4.78 is 5.90. The zero-order valence-corrected chi connectivity index (χ0v) is 12.5. The van der Waals surface area contributed by atoms with Crippen LogP contribution in [0.3, 0.4) is 0 Å². The molecule has 23 heavy (non-hydrogen) atoms. The first-order chi connectivity index (χ1) is 11.2. The van der Waals surface area contributed by atoms with Crippen molar-refractivity contribution >= 4 is 11.7 Å². The van der Waals surface area contributed by atoms with Crippen molar-refractivity contribution < 1.29 is 19.4 Å². The van der Waals surface area contributed by atoms with Crippen LogP contribution >= 0.6 is 0 Å². The van der Waals surface area contributed by atoms with E-state index in [1.165, 1.54) is 0 Å². The maximum Gasteiger partial charge on any atom is 0.251 e. The Hall–Kier alpha value is -2.66. The number of Topliss-reactive ketones (excluding diaryl/α,β-unsaturated/α-hetero) is 1. The summed E-state index contributed by atoms with van der Waals surface area (Å²) in [5.41, 5.74) is 1.97. The van der Waals surface area contributed by atoms with E-state index in [9.17, 15) is 9.59 Å². The average Bonchev–Trinajstić information content (AvgIpc) is 2.60. The molecule has 0 spiro atoms. The minimum atomic E-state index is -0.341. The van der Waals surface area contributed by atoms with Crippen molar-refractivity contribution in [1.29, 1.82) is 0 Å². The molecule has 2 aromatic carbocycles. The molecule has 1 unspecified atom stereocenters. The molecular formula is C18H17NO4. The minimum Gasteiger partial charge on any atom is -0.484 e. The van der Waals surface area contributed by atoms with E-state index in [1.807, 2.05) is 12.1 Å². The molecule has 2 aromatic rings. The number of fused-ring (bicyclic) bond motifs is 1. The van der Waals surface area contributed by atoms with Gasteiger partial charge < -0.3 is 15.2 Å². The van der Waals surface area contributed by atoms with Gasteiger partial charge in [0.15, 0.2) is 5.78 Å². The second-order valence-electron chi connectivity index (χ2n) is 5.33. The Bertz CT molecular complexity index is 724. The summed E-state index contributed by atoms with van der Waals surface area (Å²) in [6.45, 7) is 0.124. The minimum absolute atomic E-state index is 0.0571. The molecule has 1 heterocycles. The topological polar surface area (TPSA) is 75.6 Å². The predicted octanol–water partition coefficient (Wildman–Crippen LogP) is 2.12. The van der Waals surface area contributed by atoms with Crippen molar-refractivity contribution in [2.45, 2.75) is 12.5 Å². The molecule has 0 aromatic heterocycles. The molecule has 118 valence electrons. The first kappa shape index (κ1) is 15.2. The molecular weight excluding hydrogens is 294 g/mol. The molecule has 2 N–H and O–H groups in total. The third-order valence-corrected chi connectivity index (χ3v) is 3.77. The SMILES string of the molecule is O=C(NCCO)c1ccc(C2CC(=O)c3ccccc3O2)cc1. The van der Waals surface area contributed by atoms with Gasteiger partial charge in [0.05, 0.1) is 18.6 Å². The summed E-state index contributed by atoms with van der Waals surface area (Å²) in [4.78, 5) is 24.0. The molecule has 1 aliphatic rings. The van der Waals surface area contributed by atoms with E-state index >= 15 is 0 Å². The number of carbonyl (C=O) groups excluding carboxylic acids is 2. The third-order valence-electron chi connectivity index (χ3n) is 3.77. The van der Waals surface area contributed by atoms with Crippen LogP contribution in [0, 0.1) is 0 Å². The fourth-order valence-electron chi connectivity index (χ4n) is 2.58. The number of amides is 1. The van der Waals surface area contributed by atoms with Gasteiger partial charge in [0.25, 0.3) is 5.91 Å². The fourth-order valence-corrected chi connectivity index (χ4v) is 2.58. The van der Waals surface area contributed by atoms with Crippen molar-refractivity contribution in [3.63, 3.8) is 0 Å². The highest BCUT2D eigenvalue weighted by Gasteiger charge is 2.27. The number of carbonyl (C=O) groups is 2. The molecule has 1 atom stereocenters. The fraction of sp³-hybridized carbons (Fsp3) is 0.222. The van der Waals surface area contributed by atoms with Gasteiger partial charge in [-0.1, -0.05) is 24.3 Å². The lowest BCUT2D eigenvalue weighted by Crippen LogP contribution is -2.26. The van der Waals surface area contributed by atoms with Crippen LogP contribution in [0.2, 0.25) is 0 Å². The number of benzene rings is 2. The number of aliphatic hydroxyl groups is 1. The molecule has 3 rings (SSSR count). The summed E-state index contributed by atoms with van der Waals surface area (Å²) in [7, 11) is 0. The number of nitrogens with one attached hydrogen (secondary N) is 1. The van der Waals surface area contributed by atoms with Gasteiger partial charge in [0, 0.05) is 12.1 Å². The molecule has 0 saturated carbocycles. The van der Waals surface area contributed by atoms with E-state index in [-0.39, 0.29) is 37.4 Å². The third kappa shape index (κ3) is 3.24. The summed E-state index contributed by atoms with van der Waals surface area (Å²) >= 11 is 0. The van der Waals surface area contributed by atoms with Crippen molar-refractivity contribution in [2.75, 3.05) is 13.2 Å². The van der Waals surface area contributed by atoms with Crippen LogP contribution in [0.25, 0.3) is 0 Å². The first-order valence-corrected chi connectivity index (χ1v) is 7.47. The number of ketones is 1. The highest BCUT2D eigenvalue weighted by atomic mass is 16.5. The maximum absolute atomic E-state index is 12.2. The highest BCUT2D eigenvalue weighted by molar-refractivity contribution is 6.00. The number of hydrogen-bond donors (Lipinski definition) is 2. The lowest BCUT2D eigenvalue weighted by molar-refractivity contribution is 0.0848. The van der Waals surface area contributed by atoms with Gasteiger partial charge in [0.2, 0.25) is 0 Å². The normalized spacial score (nSPS) is 16.4. The Morgan fingerprint density at radius 1 is 1.17 bits per heavy atom. The summed E-state index contributed by atoms with van der Waals surface area (Å²) in [6.07, 6.45) is -0.0560. The number of aliphatic hydroxyl groups excluding tert-OH is 1. The smallest absolute Gasteiger partial charge is 0.251 e. The van der Waals surface area contributed by atoms with Crippen LogP contribution in [0.5, 0.6) is 5.75 Å². The Labute approximate surface area is 133 Å². The standard InChI is InChI=1S/C18H17NO4/c20-10-9-19-18(22)13-7-5-12(6-8-13)17-11-15(21)14-3-1-2-4-16(14)23-17/h1-8,17,20H,9-11H2,(H,19,22). The van der Waals surface area contributed by atoms with Crippen LogP contribution in [-0.4, -0.2) is 29.9 Å². The molecule has 0 aliphatic carbocycles. The molecule has 0 bridgehead atoms. The maximum atomic E-state index is 12.2. The lowest BCUT2D eigenvalue weighted by atomic mass is 9.96. The second-order valence-corrected chi connectivity index (χ2v) is 5.33. The van der Waals surface area contributed by atoms with Crippen molar-refractivity contribution in [2.24, 2.45) is 0 Å². The Morgan fingerprint density at radius 3 is 2.65 bits per heavy atom. The van der Waals surface area contributed by atoms with Gasteiger partial charge >= 0.3 is 0 Å². The predicted molar refractivity (Wildman–Crippen MR) is 84.6 cm³/mol. The number of rotatable bonds is 4. The second kappa shape index (κ2) is 6.62. The van der Waals surface area contributed by atoms with E-state index in [1.54, 1.807) is 36.4 Å². The first-order valence-electron chi connectivity index (χ1n) is 7.47. The monoisotopic (exact) mass is 311 g/mol. The van der Waals surface area contributed by atoms with Crippen LogP contribution in [-0.2, 0) is 0 Å². The molecule has 1 aliphatic heterocycles. The molecule has 0 radical (unpaired) electrons. The number of ether oxygens (including phenoxy) is 1. The Kier molecular flexibility index (Phi) is 4.39. The van der Waals surface area contributed by atoms with E-state index in [4.69, 9.17) is 9.84 Å². The average molecular weight is 311 g/mol. The van der Waals surface area contributed by atoms with E-state index in [0.29, 0.717) is 16.9 Å². The molecule has 1 amide bonds. The Morgan fingerprint density at radius 2 is 1.91 bits per heavy atom. The van der Waals surface area contributed by atoms with E-state index < -0.39 is 0 Å². The lowest BCUT2D eigenvalue weighted by Gasteiger charge is -2.25. The van der Waals surface area contributed by atoms with E-state index in [2.05, 4.69) is 5.32 Å². The quantitative estimate of drug-likeness (QED) is 0.907. The number of hydrogen-bond acceptors (Lipinski definition) is 4. The van der Waals surface area contributed by atoms with E-state index in [0.717, 1.165) is 5.56 Å². The molecule has 5 heteroatoms. The Balaban J connectivity index is 1.76. The van der Waals surface area contributed by atoms with Gasteiger partial charge in [-0.3, -0.25) is 9.59 Å². The zero-order valence-electron chi connectivity index (χ0n) is 12.5. The van der Waals surface area contributed by atoms with Crippen LogP contribution in [0.1, 0.15) is 38.8 Å². The zero-order chi connectivity index (χ0) is 16.2. The van der Waals surface area contributed by atoms with Gasteiger partial charge in [-0.05, 0) is 29.8 Å². The summed E-state index contributed by atoms with van der Waals surface area (Å²) in [6, 6.07) is 14.2. The van der Waals surface area contributed by atoms with Gasteiger partial charge in [0.1, 0.15) is 11.9 Å². The molecule has 5 nitrogen and oxygen atoms in total. The largest absolute Gasteiger partial charge is 0.484 e. The highest BCUT2D eigenvalue weighted by Crippen LogP contribution is 2.34. The van der Waals surface area contributed by atoms with Crippen molar-refractivity contribution in [3.8, 4) is 5.75 Å². The van der Waals surface area contributed by atoms with Gasteiger partial charge in [-0.2, -0.15) is 0 Å². The summed E-state index contributed by atoms with van der Waals surface area (Å²) in [5.74, 6) is 0.414. The summed E-state index contributed by atoms with van der Waals surface area (Å²) in [5, 5.41) is 11.3. The van der Waals surface area contributed by atoms with Crippen molar-refractivity contribution in [3.05, 3.63) is 65.2 Å². The molecule has 0 saturated heterocycles. The van der Waals surface area contributed by atoms with Gasteiger partial charge in [-0.25, -0.2) is 0 Å². The van der Waals surface area contributed by atoms with Gasteiger partial charge in [-0.15, -0.1) is 0 Å². The van der Waals surface area contributed by atoms with Crippen LogP contribution in [0.15, 0.2) is 48.5 Å². The van der Waals surface area contributed by atoms with Crippen LogP contribution < -0.4 is 10.1 Å². The van der Waals surface area contributed by atoms with Crippen molar-refractivity contribution in [1.82, 2.24) is 5.32 Å². The molecule has 0 fully saturated rings. The number of para-hydroxylation sites is 1.